The molecule has 3 N–H and O–H groups in total. The molecular formula is C20H37NO5. The molecule has 0 bridgehead atoms. The Bertz CT molecular complexity index is 432. The SMILES string of the molecule is CCCCCCC(=O)C[C@@H](C)C(=O)N[C@@H](CC(C)C)C(=O)C(CO)CO. The number of hydrogen-bond donors (Lipinski definition) is 3. The lowest BCUT2D eigenvalue weighted by Gasteiger charge is -2.24. The van der Waals surface area contributed by atoms with E-state index < -0.39 is 31.1 Å². The molecule has 0 saturated carbocycles. The maximum Gasteiger partial charge on any atom is 0.223 e. The molecule has 0 aromatic carbocycles. The summed E-state index contributed by atoms with van der Waals surface area (Å²) in [5.41, 5.74) is 0. The topological polar surface area (TPSA) is 104 Å². The Balaban J connectivity index is 4.66. The van der Waals surface area contributed by atoms with E-state index in [9.17, 15) is 24.6 Å². The summed E-state index contributed by atoms with van der Waals surface area (Å²) in [6.07, 6.45) is 5.19. The molecule has 0 radical (unpaired) electrons. The van der Waals surface area contributed by atoms with Crippen molar-refractivity contribution in [3.05, 3.63) is 0 Å². The van der Waals surface area contributed by atoms with Crippen molar-refractivity contribution in [1.82, 2.24) is 5.32 Å². The number of ketones is 2. The van der Waals surface area contributed by atoms with Gasteiger partial charge >= 0.3 is 0 Å². The third kappa shape index (κ3) is 10.0. The summed E-state index contributed by atoms with van der Waals surface area (Å²) < 4.78 is 0. The van der Waals surface area contributed by atoms with Gasteiger partial charge in [-0.1, -0.05) is 47.0 Å². The molecule has 0 aliphatic carbocycles. The fourth-order valence-corrected chi connectivity index (χ4v) is 2.84. The highest BCUT2D eigenvalue weighted by molar-refractivity contribution is 5.92. The summed E-state index contributed by atoms with van der Waals surface area (Å²) in [4.78, 5) is 36.8. The number of nitrogens with one attached hydrogen (secondary N) is 1. The standard InChI is InChI=1S/C20H37NO5/c1-5-6-7-8-9-17(24)11-15(4)20(26)21-18(10-14(2)3)19(25)16(12-22)13-23/h14-16,18,22-23H,5-13H2,1-4H3,(H,21,26)/t15-,18+/m1/s1. The van der Waals surface area contributed by atoms with Crippen molar-refractivity contribution < 1.29 is 24.6 Å². The average molecular weight is 372 g/mol. The van der Waals surface area contributed by atoms with Crippen LogP contribution in [0.4, 0.5) is 0 Å². The van der Waals surface area contributed by atoms with E-state index in [1.54, 1.807) is 6.92 Å². The third-order valence-corrected chi connectivity index (χ3v) is 4.50. The zero-order valence-electron chi connectivity index (χ0n) is 16.8. The predicted molar refractivity (Wildman–Crippen MR) is 102 cm³/mol. The summed E-state index contributed by atoms with van der Waals surface area (Å²) in [5, 5.41) is 21.2. The van der Waals surface area contributed by atoms with Gasteiger partial charge in [0.05, 0.1) is 25.2 Å². The molecule has 0 aliphatic heterocycles. The largest absolute Gasteiger partial charge is 0.396 e. The van der Waals surface area contributed by atoms with Crippen LogP contribution in [0.15, 0.2) is 0 Å². The molecular weight excluding hydrogens is 334 g/mol. The van der Waals surface area contributed by atoms with E-state index in [-0.39, 0.29) is 29.8 Å². The monoisotopic (exact) mass is 371 g/mol. The van der Waals surface area contributed by atoms with Gasteiger partial charge in [0, 0.05) is 18.8 Å². The van der Waals surface area contributed by atoms with E-state index in [0.29, 0.717) is 12.8 Å². The van der Waals surface area contributed by atoms with Crippen LogP contribution in [-0.4, -0.2) is 46.9 Å². The molecule has 6 heteroatoms. The maximum absolute atomic E-state index is 12.4. The van der Waals surface area contributed by atoms with Crippen LogP contribution in [0.2, 0.25) is 0 Å². The molecule has 26 heavy (non-hydrogen) atoms. The van der Waals surface area contributed by atoms with Crippen LogP contribution in [0.25, 0.3) is 0 Å². The first-order valence-electron chi connectivity index (χ1n) is 9.84. The minimum Gasteiger partial charge on any atom is -0.396 e. The highest BCUT2D eigenvalue weighted by Gasteiger charge is 2.29. The summed E-state index contributed by atoms with van der Waals surface area (Å²) >= 11 is 0. The van der Waals surface area contributed by atoms with Crippen molar-refractivity contribution >= 4 is 17.5 Å². The number of aliphatic hydroxyl groups is 2. The zero-order valence-corrected chi connectivity index (χ0v) is 16.8. The lowest BCUT2D eigenvalue weighted by atomic mass is 9.92. The Morgan fingerprint density at radius 2 is 1.58 bits per heavy atom. The van der Waals surface area contributed by atoms with Crippen LogP contribution in [-0.2, 0) is 14.4 Å². The van der Waals surface area contributed by atoms with Crippen LogP contribution >= 0.6 is 0 Å². The normalized spacial score (nSPS) is 13.7. The lowest BCUT2D eigenvalue weighted by molar-refractivity contribution is -0.134. The van der Waals surface area contributed by atoms with Crippen LogP contribution in [0.1, 0.15) is 72.6 Å². The van der Waals surface area contributed by atoms with Gasteiger partial charge in [0.25, 0.3) is 0 Å². The van der Waals surface area contributed by atoms with Crippen LogP contribution in [0.3, 0.4) is 0 Å². The molecule has 0 aliphatic rings. The Kier molecular flexibility index (Phi) is 13.2. The van der Waals surface area contributed by atoms with E-state index in [4.69, 9.17) is 0 Å². The Labute approximate surface area is 157 Å². The second-order valence-corrected chi connectivity index (χ2v) is 7.61. The molecule has 0 heterocycles. The molecule has 1 amide bonds. The van der Waals surface area contributed by atoms with Gasteiger partial charge in [-0.2, -0.15) is 0 Å². The van der Waals surface area contributed by atoms with E-state index in [2.05, 4.69) is 12.2 Å². The first-order valence-corrected chi connectivity index (χ1v) is 9.84. The van der Waals surface area contributed by atoms with Crippen molar-refractivity contribution in [1.29, 1.82) is 0 Å². The molecule has 0 rings (SSSR count). The lowest BCUT2D eigenvalue weighted by Crippen LogP contribution is -2.47. The van der Waals surface area contributed by atoms with Gasteiger partial charge in [0.15, 0.2) is 5.78 Å². The molecule has 0 unspecified atom stereocenters. The first-order chi connectivity index (χ1) is 12.3. The van der Waals surface area contributed by atoms with Gasteiger partial charge in [0.1, 0.15) is 5.78 Å². The minimum atomic E-state index is -0.894. The van der Waals surface area contributed by atoms with Crippen LogP contribution < -0.4 is 5.32 Å². The molecule has 0 saturated heterocycles. The second kappa shape index (κ2) is 13.9. The van der Waals surface area contributed by atoms with Crippen LogP contribution in [0.5, 0.6) is 0 Å². The summed E-state index contributed by atoms with van der Waals surface area (Å²) in [6, 6.07) is -0.756. The number of Topliss-reactive ketones (excluding diaryl/α,β-unsaturated/α-hetero) is 2. The first kappa shape index (κ1) is 24.7. The average Bonchev–Trinajstić information content (AvgIpc) is 2.58. The fraction of sp³-hybridized carbons (Fsp3) is 0.850. The van der Waals surface area contributed by atoms with E-state index in [1.165, 1.54) is 0 Å². The number of rotatable bonds is 15. The van der Waals surface area contributed by atoms with Gasteiger partial charge in [0.2, 0.25) is 5.91 Å². The number of aliphatic hydroxyl groups excluding tert-OH is 2. The maximum atomic E-state index is 12.4. The highest BCUT2D eigenvalue weighted by Crippen LogP contribution is 2.14. The summed E-state index contributed by atoms with van der Waals surface area (Å²) in [7, 11) is 0. The van der Waals surface area contributed by atoms with E-state index in [0.717, 1.165) is 25.7 Å². The number of carbonyl (C=O) groups is 3. The molecule has 2 atom stereocenters. The van der Waals surface area contributed by atoms with Gasteiger partial charge in [-0.3, -0.25) is 14.4 Å². The molecule has 0 aromatic heterocycles. The van der Waals surface area contributed by atoms with Gasteiger partial charge < -0.3 is 15.5 Å². The number of amides is 1. The molecule has 0 aromatic rings. The van der Waals surface area contributed by atoms with Crippen molar-refractivity contribution in [2.75, 3.05) is 13.2 Å². The predicted octanol–water partition coefficient (Wildman–Crippen LogP) is 2.25. The zero-order chi connectivity index (χ0) is 20.1. The Morgan fingerprint density at radius 3 is 2.08 bits per heavy atom. The molecule has 0 spiro atoms. The minimum absolute atomic E-state index is 0.0686. The Hall–Kier alpha value is -1.27. The van der Waals surface area contributed by atoms with Gasteiger partial charge in [-0.15, -0.1) is 0 Å². The smallest absolute Gasteiger partial charge is 0.223 e. The number of hydrogen-bond acceptors (Lipinski definition) is 5. The van der Waals surface area contributed by atoms with Gasteiger partial charge in [-0.25, -0.2) is 0 Å². The van der Waals surface area contributed by atoms with E-state index in [1.807, 2.05) is 13.8 Å². The summed E-state index contributed by atoms with van der Waals surface area (Å²) in [5.74, 6) is -1.86. The van der Waals surface area contributed by atoms with E-state index >= 15 is 0 Å². The number of carbonyl (C=O) groups excluding carboxylic acids is 3. The van der Waals surface area contributed by atoms with Crippen LogP contribution in [0, 0.1) is 17.8 Å². The molecule has 152 valence electrons. The summed E-state index contributed by atoms with van der Waals surface area (Å²) in [6.45, 7) is 6.76. The number of unbranched alkanes of at least 4 members (excludes halogenated alkanes) is 3. The van der Waals surface area contributed by atoms with Crippen molar-refractivity contribution in [2.24, 2.45) is 17.8 Å². The highest BCUT2D eigenvalue weighted by atomic mass is 16.3. The fourth-order valence-electron chi connectivity index (χ4n) is 2.84. The third-order valence-electron chi connectivity index (χ3n) is 4.50. The van der Waals surface area contributed by atoms with Crippen molar-refractivity contribution in [2.45, 2.75) is 78.7 Å². The van der Waals surface area contributed by atoms with Gasteiger partial charge in [-0.05, 0) is 18.8 Å². The Morgan fingerprint density at radius 1 is 0.962 bits per heavy atom. The van der Waals surface area contributed by atoms with Crippen molar-refractivity contribution in [3.63, 3.8) is 0 Å². The van der Waals surface area contributed by atoms with Crippen molar-refractivity contribution in [3.8, 4) is 0 Å². The second-order valence-electron chi connectivity index (χ2n) is 7.61. The molecule has 0 fully saturated rings. The molecule has 6 nitrogen and oxygen atoms in total. The quantitative estimate of drug-likeness (QED) is 0.383.